The molecule has 1 aromatic rings. The lowest BCUT2D eigenvalue weighted by atomic mass is 10.2. The van der Waals surface area contributed by atoms with Gasteiger partial charge in [0.2, 0.25) is 0 Å². The summed E-state index contributed by atoms with van der Waals surface area (Å²) in [6, 6.07) is 2.06. The van der Waals surface area contributed by atoms with Crippen molar-refractivity contribution < 1.29 is 15.0 Å². The fraction of sp³-hybridized carbons (Fsp3) is 0.545. The molecule has 0 spiro atoms. The molecule has 1 aliphatic heterocycles. The molecule has 1 unspecified atom stereocenters. The Bertz CT molecular complexity index is 377. The Balaban J connectivity index is 2.08. The zero-order valence-corrected chi connectivity index (χ0v) is 9.74. The fourth-order valence-electron chi connectivity index (χ4n) is 2.18. The maximum absolute atomic E-state index is 11.0. The minimum absolute atomic E-state index is 0.159. The quantitative estimate of drug-likeness (QED) is 0.836. The molecule has 1 saturated heterocycles. The third-order valence-corrected chi connectivity index (χ3v) is 3.97. The van der Waals surface area contributed by atoms with Gasteiger partial charge in [-0.15, -0.1) is 11.3 Å². The van der Waals surface area contributed by atoms with E-state index in [4.69, 9.17) is 5.11 Å². The number of hydrogen-bond acceptors (Lipinski definition) is 4. The van der Waals surface area contributed by atoms with E-state index >= 15 is 0 Å². The molecule has 0 radical (unpaired) electrons. The Morgan fingerprint density at radius 3 is 3.12 bits per heavy atom. The molecule has 16 heavy (non-hydrogen) atoms. The van der Waals surface area contributed by atoms with Gasteiger partial charge in [-0.05, 0) is 36.4 Å². The van der Waals surface area contributed by atoms with E-state index in [0.29, 0.717) is 11.4 Å². The fourth-order valence-corrected chi connectivity index (χ4v) is 2.93. The SMILES string of the molecule is O=C(O)c1sccc1CN1CCCC1CO. The average molecular weight is 241 g/mol. The number of likely N-dealkylation sites (tertiary alicyclic amines) is 1. The van der Waals surface area contributed by atoms with E-state index in [1.165, 1.54) is 11.3 Å². The van der Waals surface area contributed by atoms with E-state index in [-0.39, 0.29) is 12.6 Å². The number of rotatable bonds is 4. The van der Waals surface area contributed by atoms with Crippen molar-refractivity contribution in [3.8, 4) is 0 Å². The van der Waals surface area contributed by atoms with Crippen molar-refractivity contribution >= 4 is 17.3 Å². The molecular formula is C11H15NO3S. The lowest BCUT2D eigenvalue weighted by Crippen LogP contribution is -2.31. The third kappa shape index (κ3) is 2.26. The molecule has 2 N–H and O–H groups in total. The minimum atomic E-state index is -0.857. The van der Waals surface area contributed by atoms with Crippen molar-refractivity contribution in [2.75, 3.05) is 13.2 Å². The average Bonchev–Trinajstić information content (AvgIpc) is 2.86. The first-order valence-electron chi connectivity index (χ1n) is 5.37. The number of nitrogens with zero attached hydrogens (tertiary/aromatic N) is 1. The molecular weight excluding hydrogens is 226 g/mol. The van der Waals surface area contributed by atoms with Crippen LogP contribution in [0.25, 0.3) is 0 Å². The lowest BCUT2D eigenvalue weighted by Gasteiger charge is -2.22. The van der Waals surface area contributed by atoms with Crippen LogP contribution in [0.3, 0.4) is 0 Å². The topological polar surface area (TPSA) is 60.8 Å². The number of carboxylic acids is 1. The van der Waals surface area contributed by atoms with Crippen LogP contribution in [0.4, 0.5) is 0 Å². The van der Waals surface area contributed by atoms with Gasteiger partial charge in [-0.25, -0.2) is 4.79 Å². The highest BCUT2D eigenvalue weighted by molar-refractivity contribution is 7.12. The van der Waals surface area contributed by atoms with Crippen LogP contribution in [0.1, 0.15) is 28.1 Å². The minimum Gasteiger partial charge on any atom is -0.477 e. The van der Waals surface area contributed by atoms with Crippen LogP contribution in [0.15, 0.2) is 11.4 Å². The monoisotopic (exact) mass is 241 g/mol. The van der Waals surface area contributed by atoms with Crippen LogP contribution in [0.2, 0.25) is 0 Å². The van der Waals surface area contributed by atoms with Crippen molar-refractivity contribution in [3.05, 3.63) is 21.9 Å². The molecule has 5 heteroatoms. The summed E-state index contributed by atoms with van der Waals surface area (Å²) >= 11 is 1.26. The number of hydrogen-bond donors (Lipinski definition) is 2. The van der Waals surface area contributed by atoms with Crippen LogP contribution in [-0.4, -0.2) is 40.3 Å². The summed E-state index contributed by atoms with van der Waals surface area (Å²) in [6.45, 7) is 1.74. The molecule has 0 saturated carbocycles. The van der Waals surface area contributed by atoms with Crippen molar-refractivity contribution in [2.45, 2.75) is 25.4 Å². The molecule has 0 bridgehead atoms. The zero-order chi connectivity index (χ0) is 11.5. The van der Waals surface area contributed by atoms with Gasteiger partial charge >= 0.3 is 5.97 Å². The predicted molar refractivity (Wildman–Crippen MR) is 61.8 cm³/mol. The van der Waals surface area contributed by atoms with Gasteiger partial charge in [-0.2, -0.15) is 0 Å². The number of aliphatic hydroxyl groups is 1. The number of thiophene rings is 1. The summed E-state index contributed by atoms with van der Waals surface area (Å²) in [5.41, 5.74) is 0.859. The van der Waals surface area contributed by atoms with Crippen molar-refractivity contribution in [3.63, 3.8) is 0 Å². The smallest absolute Gasteiger partial charge is 0.346 e. The van der Waals surface area contributed by atoms with Crippen LogP contribution in [0, 0.1) is 0 Å². The molecule has 0 aromatic carbocycles. The van der Waals surface area contributed by atoms with Gasteiger partial charge in [0.1, 0.15) is 4.88 Å². The molecule has 2 heterocycles. The summed E-state index contributed by atoms with van der Waals surface area (Å²) < 4.78 is 0. The molecule has 4 nitrogen and oxygen atoms in total. The van der Waals surface area contributed by atoms with E-state index in [9.17, 15) is 9.90 Å². The van der Waals surface area contributed by atoms with Crippen molar-refractivity contribution in [1.29, 1.82) is 0 Å². The van der Waals surface area contributed by atoms with Gasteiger partial charge in [0, 0.05) is 12.6 Å². The first-order chi connectivity index (χ1) is 7.72. The second kappa shape index (κ2) is 4.95. The van der Waals surface area contributed by atoms with Crippen LogP contribution >= 0.6 is 11.3 Å². The molecule has 0 aliphatic carbocycles. The van der Waals surface area contributed by atoms with Crippen molar-refractivity contribution in [1.82, 2.24) is 4.90 Å². The van der Waals surface area contributed by atoms with Gasteiger partial charge in [0.25, 0.3) is 0 Å². The zero-order valence-electron chi connectivity index (χ0n) is 8.93. The van der Waals surface area contributed by atoms with E-state index in [1.54, 1.807) is 0 Å². The highest BCUT2D eigenvalue weighted by atomic mass is 32.1. The van der Waals surface area contributed by atoms with Crippen molar-refractivity contribution in [2.24, 2.45) is 0 Å². The Kier molecular flexibility index (Phi) is 3.58. The Morgan fingerprint density at radius 2 is 2.44 bits per heavy atom. The number of carbonyl (C=O) groups is 1. The maximum Gasteiger partial charge on any atom is 0.346 e. The number of carboxylic acid groups (broad SMARTS) is 1. The second-order valence-corrected chi connectivity index (χ2v) is 4.95. The summed E-state index contributed by atoms with van der Waals surface area (Å²) in [6.07, 6.45) is 2.08. The molecule has 1 aliphatic rings. The predicted octanol–water partition coefficient (Wildman–Crippen LogP) is 1.40. The first-order valence-corrected chi connectivity index (χ1v) is 6.25. The van der Waals surface area contributed by atoms with Gasteiger partial charge in [-0.3, -0.25) is 4.90 Å². The first kappa shape index (κ1) is 11.6. The van der Waals surface area contributed by atoms with Gasteiger partial charge in [-0.1, -0.05) is 0 Å². The van der Waals surface area contributed by atoms with Gasteiger partial charge in [0.05, 0.1) is 6.61 Å². The molecule has 2 rings (SSSR count). The van der Waals surface area contributed by atoms with E-state index in [0.717, 1.165) is 24.9 Å². The van der Waals surface area contributed by atoms with E-state index in [1.807, 2.05) is 11.4 Å². The summed E-state index contributed by atoms with van der Waals surface area (Å²) in [5.74, 6) is -0.857. The Morgan fingerprint density at radius 1 is 1.62 bits per heavy atom. The Labute approximate surface area is 98.1 Å². The van der Waals surface area contributed by atoms with E-state index in [2.05, 4.69) is 4.90 Å². The molecule has 0 amide bonds. The lowest BCUT2D eigenvalue weighted by molar-refractivity contribution is 0.0699. The second-order valence-electron chi connectivity index (χ2n) is 4.03. The molecule has 88 valence electrons. The highest BCUT2D eigenvalue weighted by Gasteiger charge is 2.25. The van der Waals surface area contributed by atoms with E-state index < -0.39 is 5.97 Å². The molecule has 1 aromatic heterocycles. The summed E-state index contributed by atoms with van der Waals surface area (Å²) in [4.78, 5) is 13.5. The molecule has 1 fully saturated rings. The largest absolute Gasteiger partial charge is 0.477 e. The Hall–Kier alpha value is -0.910. The standard InChI is InChI=1S/C11H15NO3S/c13-7-9-2-1-4-12(9)6-8-3-5-16-10(8)11(14)15/h3,5,9,13H,1-2,4,6-7H2,(H,14,15). The summed E-state index contributed by atoms with van der Waals surface area (Å²) in [7, 11) is 0. The normalized spacial score (nSPS) is 21.4. The van der Waals surface area contributed by atoms with Gasteiger partial charge < -0.3 is 10.2 Å². The third-order valence-electron chi connectivity index (χ3n) is 3.02. The number of aromatic carboxylic acids is 1. The summed E-state index contributed by atoms with van der Waals surface area (Å²) in [5, 5.41) is 20.0. The van der Waals surface area contributed by atoms with Crippen LogP contribution in [-0.2, 0) is 6.54 Å². The maximum atomic E-state index is 11.0. The highest BCUT2D eigenvalue weighted by Crippen LogP contribution is 2.23. The van der Waals surface area contributed by atoms with Gasteiger partial charge in [0.15, 0.2) is 0 Å². The number of aliphatic hydroxyl groups excluding tert-OH is 1. The van der Waals surface area contributed by atoms with Crippen LogP contribution in [0.5, 0.6) is 0 Å². The molecule has 1 atom stereocenters. The van der Waals surface area contributed by atoms with Crippen LogP contribution < -0.4 is 0 Å².